The van der Waals surface area contributed by atoms with Crippen molar-refractivity contribution in [1.82, 2.24) is 0 Å². The van der Waals surface area contributed by atoms with Crippen molar-refractivity contribution < 1.29 is 12.3 Å². The lowest BCUT2D eigenvalue weighted by molar-refractivity contribution is 0.456. The quantitative estimate of drug-likeness (QED) is 0.660. The van der Waals surface area contributed by atoms with E-state index in [-0.39, 0.29) is 0 Å². The Kier molecular flexibility index (Phi) is 1.77. The normalized spacial score (nSPS) is 24.8. The summed E-state index contributed by atoms with van der Waals surface area (Å²) in [4.78, 5) is 0. The van der Waals surface area contributed by atoms with Crippen molar-refractivity contribution in [2.75, 3.05) is 0 Å². The molecule has 2 bridgehead atoms. The summed E-state index contributed by atoms with van der Waals surface area (Å²) in [5.74, 6) is 0. The van der Waals surface area contributed by atoms with Gasteiger partial charge < -0.3 is 0 Å². The van der Waals surface area contributed by atoms with Crippen molar-refractivity contribution in [3.8, 4) is 0 Å². The van der Waals surface area contributed by atoms with Gasteiger partial charge in [-0.05, 0) is 18.1 Å². The molecular formula is C10H11FO2S. The Balaban J connectivity index is 2.48. The molecule has 2 nitrogen and oxygen atoms in total. The molecule has 2 rings (SSSR count). The monoisotopic (exact) mass is 214 g/mol. The first-order valence-electron chi connectivity index (χ1n) is 4.41. The molecule has 4 heteroatoms. The average molecular weight is 214 g/mol. The topological polar surface area (TPSA) is 34.1 Å². The fourth-order valence-corrected chi connectivity index (χ4v) is 2.92. The van der Waals surface area contributed by atoms with E-state index >= 15 is 0 Å². The zero-order valence-electron chi connectivity index (χ0n) is 7.99. The molecule has 0 aliphatic heterocycles. The molecule has 76 valence electrons. The fourth-order valence-electron chi connectivity index (χ4n) is 2.08. The molecule has 1 unspecified atom stereocenters. The summed E-state index contributed by atoms with van der Waals surface area (Å²) in [5.41, 5.74) is 1.07. The zero-order valence-corrected chi connectivity index (χ0v) is 8.81. The highest BCUT2D eigenvalue weighted by Crippen LogP contribution is 2.50. The molecule has 0 aromatic carbocycles. The molecule has 2 aliphatic carbocycles. The highest BCUT2D eigenvalue weighted by Gasteiger charge is 2.47. The van der Waals surface area contributed by atoms with Crippen LogP contribution in [0.2, 0.25) is 0 Å². The van der Waals surface area contributed by atoms with Crippen LogP contribution in [0.1, 0.15) is 13.8 Å². The molecule has 0 aromatic rings. The minimum absolute atomic E-state index is 0.687. The second-order valence-electron chi connectivity index (χ2n) is 3.90. The number of hydrogen-bond donors (Lipinski definition) is 0. The van der Waals surface area contributed by atoms with Gasteiger partial charge in [-0.1, -0.05) is 31.2 Å². The maximum Gasteiger partial charge on any atom is 0.306 e. The maximum absolute atomic E-state index is 12.9. The number of rotatable bonds is 2. The lowest BCUT2D eigenvalue weighted by Gasteiger charge is -2.29. The van der Waals surface area contributed by atoms with Gasteiger partial charge in [0.2, 0.25) is 0 Å². The van der Waals surface area contributed by atoms with E-state index in [0.717, 1.165) is 11.1 Å². The molecule has 0 saturated carbocycles. The van der Waals surface area contributed by atoms with Gasteiger partial charge in [0, 0.05) is 5.41 Å². The predicted octanol–water partition coefficient (Wildman–Crippen LogP) is 2.12. The van der Waals surface area contributed by atoms with Crippen LogP contribution in [-0.4, -0.2) is 13.7 Å². The van der Waals surface area contributed by atoms with Crippen LogP contribution in [0.25, 0.3) is 0 Å². The van der Waals surface area contributed by atoms with Gasteiger partial charge in [-0.2, -0.15) is 8.42 Å². The Labute approximate surface area is 83.0 Å². The molecule has 14 heavy (non-hydrogen) atoms. The van der Waals surface area contributed by atoms with Gasteiger partial charge in [-0.3, -0.25) is 0 Å². The average Bonchev–Trinajstić information content (AvgIpc) is 2.58. The third kappa shape index (κ3) is 1.03. The van der Waals surface area contributed by atoms with Gasteiger partial charge >= 0.3 is 10.2 Å². The largest absolute Gasteiger partial charge is 0.306 e. The first-order valence-corrected chi connectivity index (χ1v) is 5.86. The first-order chi connectivity index (χ1) is 6.37. The van der Waals surface area contributed by atoms with Crippen LogP contribution in [0, 0.1) is 5.41 Å². The first kappa shape index (κ1) is 9.65. The van der Waals surface area contributed by atoms with Gasteiger partial charge in [-0.25, -0.2) is 0 Å². The van der Waals surface area contributed by atoms with E-state index in [1.165, 1.54) is 6.92 Å². The molecule has 0 amide bonds. The van der Waals surface area contributed by atoms with Crippen molar-refractivity contribution in [3.05, 3.63) is 35.5 Å². The Morgan fingerprint density at radius 2 is 1.71 bits per heavy atom. The summed E-state index contributed by atoms with van der Waals surface area (Å²) in [6.07, 6.45) is 7.38. The predicted molar refractivity (Wildman–Crippen MR) is 52.9 cm³/mol. The molecule has 1 atom stereocenters. The highest BCUT2D eigenvalue weighted by atomic mass is 32.3. The number of hydrogen-bond acceptors (Lipinski definition) is 2. The third-order valence-corrected chi connectivity index (χ3v) is 4.64. The van der Waals surface area contributed by atoms with E-state index in [2.05, 4.69) is 0 Å². The summed E-state index contributed by atoms with van der Waals surface area (Å²) in [5, 5.41) is -1.02. The number of allylic oxidation sites excluding steroid dienone is 6. The van der Waals surface area contributed by atoms with Crippen LogP contribution in [0.5, 0.6) is 0 Å². The van der Waals surface area contributed by atoms with Gasteiger partial charge in [-0.15, -0.1) is 3.89 Å². The Bertz CT molecular complexity index is 446. The number of halogens is 1. The van der Waals surface area contributed by atoms with Crippen LogP contribution in [-0.2, 0) is 10.2 Å². The summed E-state index contributed by atoms with van der Waals surface area (Å²) >= 11 is 0. The van der Waals surface area contributed by atoms with Gasteiger partial charge in [0.1, 0.15) is 5.25 Å². The SMILES string of the molecule is CC(C1(C)C2=CC=C1C=C2)S(=O)(=O)F. The fraction of sp³-hybridized carbons (Fsp3) is 0.400. The maximum atomic E-state index is 12.9. The van der Waals surface area contributed by atoms with E-state index in [4.69, 9.17) is 0 Å². The van der Waals surface area contributed by atoms with Crippen LogP contribution in [0.4, 0.5) is 3.89 Å². The van der Waals surface area contributed by atoms with E-state index < -0.39 is 20.9 Å². The molecular weight excluding hydrogens is 203 g/mol. The minimum atomic E-state index is -4.49. The molecule has 0 heterocycles. The lowest BCUT2D eigenvalue weighted by atomic mass is 9.80. The molecule has 0 N–H and O–H groups in total. The Hall–Kier alpha value is -0.900. The standard InChI is InChI=1S/C10H11FO2S/c1-7(14(11,12)13)10(2)8-3-4-9(10)6-5-8/h3-7H,1-2H3. The molecule has 2 aliphatic rings. The van der Waals surface area contributed by atoms with Gasteiger partial charge in [0.25, 0.3) is 0 Å². The van der Waals surface area contributed by atoms with E-state index in [1.54, 1.807) is 6.92 Å². The Morgan fingerprint density at radius 3 is 2.00 bits per heavy atom. The van der Waals surface area contributed by atoms with Crippen LogP contribution in [0.15, 0.2) is 35.5 Å². The number of fused-ring (bicyclic) bond motifs is 2. The van der Waals surface area contributed by atoms with Crippen LogP contribution in [0.3, 0.4) is 0 Å². The summed E-state index contributed by atoms with van der Waals surface area (Å²) in [6.45, 7) is 3.18. The summed E-state index contributed by atoms with van der Waals surface area (Å²) in [6, 6.07) is 0. The minimum Gasteiger partial charge on any atom is -0.195 e. The van der Waals surface area contributed by atoms with Crippen LogP contribution >= 0.6 is 0 Å². The molecule has 0 fully saturated rings. The van der Waals surface area contributed by atoms with E-state index in [9.17, 15) is 12.3 Å². The van der Waals surface area contributed by atoms with Crippen molar-refractivity contribution >= 4 is 10.2 Å². The molecule has 0 spiro atoms. The van der Waals surface area contributed by atoms with Gasteiger partial charge in [0.05, 0.1) is 0 Å². The molecule has 0 aromatic heterocycles. The van der Waals surface area contributed by atoms with E-state index in [1.807, 2.05) is 24.3 Å². The second-order valence-corrected chi connectivity index (χ2v) is 5.56. The van der Waals surface area contributed by atoms with Crippen molar-refractivity contribution in [3.63, 3.8) is 0 Å². The van der Waals surface area contributed by atoms with Crippen molar-refractivity contribution in [1.29, 1.82) is 0 Å². The summed E-state index contributed by atoms with van der Waals surface area (Å²) < 4.78 is 34.7. The molecule has 0 radical (unpaired) electrons. The smallest absolute Gasteiger partial charge is 0.195 e. The summed E-state index contributed by atoms with van der Waals surface area (Å²) in [7, 11) is -4.49. The second kappa shape index (κ2) is 2.57. The zero-order chi connectivity index (χ0) is 10.6. The van der Waals surface area contributed by atoms with Crippen molar-refractivity contribution in [2.24, 2.45) is 5.41 Å². The van der Waals surface area contributed by atoms with Crippen molar-refractivity contribution in [2.45, 2.75) is 19.1 Å². The van der Waals surface area contributed by atoms with E-state index in [0.29, 0.717) is 0 Å². The highest BCUT2D eigenvalue weighted by molar-refractivity contribution is 7.87. The lowest BCUT2D eigenvalue weighted by Crippen LogP contribution is -2.34. The molecule has 0 saturated heterocycles. The van der Waals surface area contributed by atoms with Crippen LogP contribution < -0.4 is 0 Å². The Morgan fingerprint density at radius 1 is 1.29 bits per heavy atom. The third-order valence-electron chi connectivity index (χ3n) is 3.32. The van der Waals surface area contributed by atoms with Gasteiger partial charge in [0.15, 0.2) is 0 Å².